The smallest absolute Gasteiger partial charge is 0.366 e. The predicted octanol–water partition coefficient (Wildman–Crippen LogP) is 5.34. The van der Waals surface area contributed by atoms with Crippen molar-refractivity contribution in [2.75, 3.05) is 0 Å². The Balaban J connectivity index is 2.17. The van der Waals surface area contributed by atoms with Gasteiger partial charge < -0.3 is 5.73 Å². The SMILES string of the molecule is CC1CC=CN(C=C(C(N)=O)c2ccncc2F)N=C1c1cc(C(F)(F)F)cc(C(F)(F)F)c1. The lowest BCUT2D eigenvalue weighted by atomic mass is 9.93. The highest BCUT2D eigenvalue weighted by Crippen LogP contribution is 2.37. The summed E-state index contributed by atoms with van der Waals surface area (Å²) in [6.07, 6.45) is -3.85. The standard InChI is InChI=1S/C22H17F7N4O/c1-12-3-2-6-33(11-17(20(30)34)16-4-5-31-10-18(16)23)32-19(12)13-7-14(21(24,25)26)9-15(8-13)22(27,28)29/h2,4-12H,3H2,1H3,(H2,30,34). The molecule has 1 unspecified atom stereocenters. The Morgan fingerprint density at radius 3 is 2.26 bits per heavy atom. The van der Waals surface area contributed by atoms with Crippen LogP contribution >= 0.6 is 0 Å². The second-order valence-corrected chi connectivity index (χ2v) is 7.44. The van der Waals surface area contributed by atoms with Crippen molar-refractivity contribution in [1.29, 1.82) is 0 Å². The Morgan fingerprint density at radius 1 is 1.12 bits per heavy atom. The topological polar surface area (TPSA) is 71.6 Å². The maximum absolute atomic E-state index is 14.2. The normalized spacial score (nSPS) is 17.4. The molecule has 5 nitrogen and oxygen atoms in total. The monoisotopic (exact) mass is 486 g/mol. The molecule has 0 saturated heterocycles. The van der Waals surface area contributed by atoms with E-state index in [1.54, 1.807) is 13.0 Å². The second kappa shape index (κ2) is 9.27. The van der Waals surface area contributed by atoms with Crippen LogP contribution in [0.25, 0.3) is 5.57 Å². The van der Waals surface area contributed by atoms with Crippen molar-refractivity contribution >= 4 is 17.2 Å². The average molecular weight is 486 g/mol. The average Bonchev–Trinajstić information content (AvgIpc) is 2.92. The van der Waals surface area contributed by atoms with Gasteiger partial charge in [-0.15, -0.1) is 0 Å². The van der Waals surface area contributed by atoms with Crippen LogP contribution in [-0.4, -0.2) is 21.6 Å². The van der Waals surface area contributed by atoms with Gasteiger partial charge in [0.05, 0.1) is 28.6 Å². The molecular weight excluding hydrogens is 469 g/mol. The number of primary amides is 1. The van der Waals surface area contributed by atoms with Crippen LogP contribution < -0.4 is 5.73 Å². The molecule has 2 heterocycles. The molecule has 0 spiro atoms. The number of carbonyl (C=O) groups excluding carboxylic acids is 1. The molecule has 34 heavy (non-hydrogen) atoms. The van der Waals surface area contributed by atoms with Crippen LogP contribution in [0.5, 0.6) is 0 Å². The number of allylic oxidation sites excluding steroid dienone is 1. The molecule has 1 aliphatic rings. The van der Waals surface area contributed by atoms with Crippen LogP contribution in [0.4, 0.5) is 30.7 Å². The molecule has 0 bridgehead atoms. The quantitative estimate of drug-likeness (QED) is 0.468. The second-order valence-electron chi connectivity index (χ2n) is 7.44. The predicted molar refractivity (Wildman–Crippen MR) is 109 cm³/mol. The van der Waals surface area contributed by atoms with Crippen LogP contribution in [0.15, 0.2) is 60.2 Å². The summed E-state index contributed by atoms with van der Waals surface area (Å²) in [6.45, 7) is 1.57. The first-order valence-electron chi connectivity index (χ1n) is 9.72. The third kappa shape index (κ3) is 5.61. The van der Waals surface area contributed by atoms with E-state index in [0.29, 0.717) is 12.1 Å². The lowest BCUT2D eigenvalue weighted by Crippen LogP contribution is -2.19. The zero-order valence-corrected chi connectivity index (χ0v) is 17.5. The Morgan fingerprint density at radius 2 is 1.74 bits per heavy atom. The number of rotatable bonds is 4. The summed E-state index contributed by atoms with van der Waals surface area (Å²) in [5.74, 6) is -2.49. The van der Waals surface area contributed by atoms with Crippen molar-refractivity contribution in [2.45, 2.75) is 25.7 Å². The molecule has 2 N–H and O–H groups in total. The van der Waals surface area contributed by atoms with Crippen molar-refractivity contribution in [3.8, 4) is 0 Å². The van der Waals surface area contributed by atoms with E-state index in [0.717, 1.165) is 17.4 Å². The third-order valence-corrected chi connectivity index (χ3v) is 4.91. The van der Waals surface area contributed by atoms with E-state index in [-0.39, 0.29) is 29.3 Å². The molecule has 0 fully saturated rings. The van der Waals surface area contributed by atoms with Gasteiger partial charge in [0.1, 0.15) is 5.82 Å². The van der Waals surface area contributed by atoms with Crippen LogP contribution in [0, 0.1) is 11.7 Å². The highest BCUT2D eigenvalue weighted by atomic mass is 19.4. The summed E-state index contributed by atoms with van der Waals surface area (Å²) in [4.78, 5) is 15.5. The lowest BCUT2D eigenvalue weighted by molar-refractivity contribution is -0.143. The number of benzene rings is 1. The van der Waals surface area contributed by atoms with Crippen molar-refractivity contribution in [3.05, 3.63) is 83.2 Å². The number of hydrogen-bond donors (Lipinski definition) is 1. The number of aromatic nitrogens is 1. The summed E-state index contributed by atoms with van der Waals surface area (Å²) in [7, 11) is 0. The number of alkyl halides is 6. The molecular formula is C22H17F7N4O. The van der Waals surface area contributed by atoms with Gasteiger partial charge in [-0.05, 0) is 36.2 Å². The minimum atomic E-state index is -5.03. The van der Waals surface area contributed by atoms with Crippen molar-refractivity contribution in [2.24, 2.45) is 16.8 Å². The van der Waals surface area contributed by atoms with E-state index in [2.05, 4.69) is 10.1 Å². The van der Waals surface area contributed by atoms with Crippen molar-refractivity contribution in [3.63, 3.8) is 0 Å². The summed E-state index contributed by atoms with van der Waals surface area (Å²) in [5, 5.41) is 5.15. The molecule has 1 aromatic carbocycles. The van der Waals surface area contributed by atoms with Crippen LogP contribution in [0.2, 0.25) is 0 Å². The Hall–Kier alpha value is -3.70. The van der Waals surface area contributed by atoms with Gasteiger partial charge in [0.15, 0.2) is 0 Å². The summed E-state index contributed by atoms with van der Waals surface area (Å²) < 4.78 is 94.0. The number of halogens is 7. The van der Waals surface area contributed by atoms with Gasteiger partial charge in [-0.3, -0.25) is 9.78 Å². The van der Waals surface area contributed by atoms with Crippen LogP contribution in [-0.2, 0) is 17.1 Å². The highest BCUT2D eigenvalue weighted by Gasteiger charge is 2.37. The Labute approximate surface area is 189 Å². The fraction of sp³-hybridized carbons (Fsp3) is 0.227. The van der Waals surface area contributed by atoms with E-state index in [1.165, 1.54) is 18.5 Å². The van der Waals surface area contributed by atoms with Crippen molar-refractivity contribution in [1.82, 2.24) is 9.99 Å². The summed E-state index contributed by atoms with van der Waals surface area (Å²) >= 11 is 0. The fourth-order valence-corrected chi connectivity index (χ4v) is 3.25. The number of hydrazone groups is 1. The number of carbonyl (C=O) groups is 1. The first-order chi connectivity index (χ1) is 15.8. The fourth-order valence-electron chi connectivity index (χ4n) is 3.25. The maximum atomic E-state index is 14.2. The van der Waals surface area contributed by atoms with Gasteiger partial charge in [0, 0.05) is 30.1 Å². The lowest BCUT2D eigenvalue weighted by Gasteiger charge is -2.19. The molecule has 0 saturated carbocycles. The van der Waals surface area contributed by atoms with Gasteiger partial charge in [-0.1, -0.05) is 13.0 Å². The molecule has 1 aromatic heterocycles. The number of nitrogens with zero attached hydrogens (tertiary/aromatic N) is 3. The molecule has 3 rings (SSSR count). The minimum Gasteiger partial charge on any atom is -0.366 e. The van der Waals surface area contributed by atoms with E-state index in [1.807, 2.05) is 0 Å². The molecule has 180 valence electrons. The number of amides is 1. The van der Waals surface area contributed by atoms with Gasteiger partial charge in [0.2, 0.25) is 0 Å². The molecule has 1 aliphatic heterocycles. The largest absolute Gasteiger partial charge is 0.416 e. The first-order valence-corrected chi connectivity index (χ1v) is 9.72. The third-order valence-electron chi connectivity index (χ3n) is 4.91. The molecule has 0 aliphatic carbocycles. The van der Waals surface area contributed by atoms with Gasteiger partial charge in [0.25, 0.3) is 5.91 Å². The molecule has 2 aromatic rings. The van der Waals surface area contributed by atoms with Gasteiger partial charge in [-0.2, -0.15) is 31.4 Å². The zero-order valence-electron chi connectivity index (χ0n) is 17.5. The van der Waals surface area contributed by atoms with E-state index >= 15 is 0 Å². The molecule has 1 amide bonds. The zero-order chi connectivity index (χ0) is 25.3. The summed E-state index contributed by atoms with van der Waals surface area (Å²) in [5.41, 5.74) is 1.36. The minimum absolute atomic E-state index is 0.0265. The van der Waals surface area contributed by atoms with Crippen LogP contribution in [0.3, 0.4) is 0 Å². The van der Waals surface area contributed by atoms with Crippen molar-refractivity contribution < 1.29 is 35.5 Å². The van der Waals surface area contributed by atoms with Gasteiger partial charge in [-0.25, -0.2) is 9.40 Å². The number of hydrogen-bond acceptors (Lipinski definition) is 4. The molecule has 1 atom stereocenters. The molecule has 12 heteroatoms. The Bertz CT molecular complexity index is 1150. The maximum Gasteiger partial charge on any atom is 0.416 e. The van der Waals surface area contributed by atoms with E-state index in [9.17, 15) is 35.5 Å². The van der Waals surface area contributed by atoms with E-state index < -0.39 is 46.7 Å². The first kappa shape index (κ1) is 24.9. The van der Waals surface area contributed by atoms with Crippen LogP contribution in [0.1, 0.15) is 35.6 Å². The van der Waals surface area contributed by atoms with Gasteiger partial charge >= 0.3 is 12.4 Å². The highest BCUT2D eigenvalue weighted by molar-refractivity contribution is 6.18. The Kier molecular flexibility index (Phi) is 6.80. The van der Waals surface area contributed by atoms with E-state index in [4.69, 9.17) is 5.73 Å². The number of pyridine rings is 1. The molecule has 0 radical (unpaired) electrons. The summed E-state index contributed by atoms with van der Waals surface area (Å²) in [6, 6.07) is 2.37. The number of nitrogens with two attached hydrogens (primary N) is 1.